The van der Waals surface area contributed by atoms with Crippen molar-refractivity contribution in [3.8, 4) is 0 Å². The van der Waals surface area contributed by atoms with E-state index < -0.39 is 6.10 Å². The molecule has 0 aliphatic rings. The lowest BCUT2D eigenvalue weighted by molar-refractivity contribution is -0.0194. The normalized spacial score (nSPS) is 14.5. The van der Waals surface area contributed by atoms with Crippen LogP contribution in [0, 0.1) is 0 Å². The maximum Gasteiger partial charge on any atom is 0.102 e. The molecule has 0 heterocycles. The highest BCUT2D eigenvalue weighted by molar-refractivity contribution is 5.13. The van der Waals surface area contributed by atoms with Gasteiger partial charge in [-0.05, 0) is 12.0 Å². The SMILES string of the molecule is C=CC(OCc1ccccc1)C(O)CC. The standard InChI is InChI=1S/C13H18O2/c1-3-12(14)13(4-2)15-10-11-8-6-5-7-9-11/h4-9,12-14H,2-3,10H2,1H3. The summed E-state index contributed by atoms with van der Waals surface area (Å²) in [5.74, 6) is 0. The average Bonchev–Trinajstić information content (AvgIpc) is 2.31. The molecule has 0 aliphatic heterocycles. The Morgan fingerprint density at radius 1 is 1.40 bits per heavy atom. The Morgan fingerprint density at radius 2 is 2.07 bits per heavy atom. The zero-order valence-electron chi connectivity index (χ0n) is 9.10. The molecule has 0 spiro atoms. The molecular formula is C13H18O2. The Hall–Kier alpha value is -1.12. The third-order valence-electron chi connectivity index (χ3n) is 2.32. The number of hydrogen-bond acceptors (Lipinski definition) is 2. The van der Waals surface area contributed by atoms with E-state index in [0.717, 1.165) is 5.56 Å². The summed E-state index contributed by atoms with van der Waals surface area (Å²) in [6, 6.07) is 9.90. The van der Waals surface area contributed by atoms with Gasteiger partial charge in [0.05, 0.1) is 12.7 Å². The number of aliphatic hydroxyl groups excluding tert-OH is 1. The molecule has 0 radical (unpaired) electrons. The monoisotopic (exact) mass is 206 g/mol. The van der Waals surface area contributed by atoms with Crippen LogP contribution in [0.5, 0.6) is 0 Å². The van der Waals surface area contributed by atoms with E-state index in [-0.39, 0.29) is 6.10 Å². The van der Waals surface area contributed by atoms with Crippen molar-refractivity contribution in [2.24, 2.45) is 0 Å². The van der Waals surface area contributed by atoms with Gasteiger partial charge in [0.1, 0.15) is 6.10 Å². The van der Waals surface area contributed by atoms with Crippen LogP contribution in [0.25, 0.3) is 0 Å². The molecule has 1 rings (SSSR count). The van der Waals surface area contributed by atoms with E-state index in [9.17, 15) is 5.11 Å². The van der Waals surface area contributed by atoms with Crippen molar-refractivity contribution < 1.29 is 9.84 Å². The maximum absolute atomic E-state index is 9.60. The number of rotatable bonds is 6. The van der Waals surface area contributed by atoms with Gasteiger partial charge in [0.15, 0.2) is 0 Å². The molecule has 82 valence electrons. The van der Waals surface area contributed by atoms with Crippen molar-refractivity contribution in [1.29, 1.82) is 0 Å². The van der Waals surface area contributed by atoms with E-state index >= 15 is 0 Å². The third-order valence-corrected chi connectivity index (χ3v) is 2.32. The summed E-state index contributed by atoms with van der Waals surface area (Å²) in [6.45, 7) is 6.09. The van der Waals surface area contributed by atoms with Crippen LogP contribution in [0.1, 0.15) is 18.9 Å². The smallest absolute Gasteiger partial charge is 0.102 e. The molecule has 15 heavy (non-hydrogen) atoms. The van der Waals surface area contributed by atoms with Crippen molar-refractivity contribution in [1.82, 2.24) is 0 Å². The van der Waals surface area contributed by atoms with E-state index in [0.29, 0.717) is 13.0 Å². The maximum atomic E-state index is 9.60. The summed E-state index contributed by atoms with van der Waals surface area (Å²) >= 11 is 0. The lowest BCUT2D eigenvalue weighted by Gasteiger charge is -2.18. The third kappa shape index (κ3) is 3.86. The van der Waals surface area contributed by atoms with Gasteiger partial charge in [-0.25, -0.2) is 0 Å². The van der Waals surface area contributed by atoms with Crippen LogP contribution in [0.2, 0.25) is 0 Å². The summed E-state index contributed by atoms with van der Waals surface area (Å²) < 4.78 is 5.56. The van der Waals surface area contributed by atoms with Crippen LogP contribution in [-0.2, 0) is 11.3 Å². The summed E-state index contributed by atoms with van der Waals surface area (Å²) in [4.78, 5) is 0. The van der Waals surface area contributed by atoms with Gasteiger partial charge in [-0.15, -0.1) is 6.58 Å². The highest BCUT2D eigenvalue weighted by atomic mass is 16.5. The summed E-state index contributed by atoms with van der Waals surface area (Å²) in [7, 11) is 0. The molecule has 0 aliphatic carbocycles. The number of ether oxygens (including phenoxy) is 1. The van der Waals surface area contributed by atoms with Crippen LogP contribution in [0.3, 0.4) is 0 Å². The molecule has 1 aromatic rings. The summed E-state index contributed by atoms with van der Waals surface area (Å²) in [6.07, 6.45) is 1.57. The average molecular weight is 206 g/mol. The van der Waals surface area contributed by atoms with Crippen LogP contribution in [0.4, 0.5) is 0 Å². The van der Waals surface area contributed by atoms with E-state index in [4.69, 9.17) is 4.74 Å². The van der Waals surface area contributed by atoms with Gasteiger partial charge in [0.25, 0.3) is 0 Å². The van der Waals surface area contributed by atoms with E-state index in [1.165, 1.54) is 0 Å². The summed E-state index contributed by atoms with van der Waals surface area (Å²) in [5.41, 5.74) is 1.10. The summed E-state index contributed by atoms with van der Waals surface area (Å²) in [5, 5.41) is 9.60. The fourth-order valence-corrected chi connectivity index (χ4v) is 1.34. The molecule has 0 bridgehead atoms. The Bertz CT molecular complexity index is 282. The second-order valence-corrected chi connectivity index (χ2v) is 3.47. The molecule has 2 unspecified atom stereocenters. The van der Waals surface area contributed by atoms with Gasteiger partial charge in [0, 0.05) is 0 Å². The van der Waals surface area contributed by atoms with Gasteiger partial charge >= 0.3 is 0 Å². The Balaban J connectivity index is 2.44. The molecule has 0 aromatic heterocycles. The molecule has 1 aromatic carbocycles. The fourth-order valence-electron chi connectivity index (χ4n) is 1.34. The zero-order chi connectivity index (χ0) is 11.1. The number of benzene rings is 1. The number of aliphatic hydroxyl groups is 1. The highest BCUT2D eigenvalue weighted by Crippen LogP contribution is 2.09. The van der Waals surface area contributed by atoms with Gasteiger partial charge in [-0.2, -0.15) is 0 Å². The molecular weight excluding hydrogens is 188 g/mol. The molecule has 2 atom stereocenters. The zero-order valence-corrected chi connectivity index (χ0v) is 9.10. The largest absolute Gasteiger partial charge is 0.390 e. The van der Waals surface area contributed by atoms with Gasteiger partial charge in [-0.3, -0.25) is 0 Å². The minimum atomic E-state index is -0.466. The molecule has 0 amide bonds. The molecule has 0 saturated heterocycles. The lowest BCUT2D eigenvalue weighted by Crippen LogP contribution is -2.26. The Labute approximate surface area is 91.2 Å². The first kappa shape index (κ1) is 12.0. The van der Waals surface area contributed by atoms with E-state index in [1.54, 1.807) is 6.08 Å². The minimum Gasteiger partial charge on any atom is -0.390 e. The second-order valence-electron chi connectivity index (χ2n) is 3.47. The quantitative estimate of drug-likeness (QED) is 0.725. The van der Waals surface area contributed by atoms with Gasteiger partial charge in [0.2, 0.25) is 0 Å². The molecule has 2 heteroatoms. The topological polar surface area (TPSA) is 29.5 Å². The molecule has 2 nitrogen and oxygen atoms in total. The van der Waals surface area contributed by atoms with Crippen molar-refractivity contribution in [2.45, 2.75) is 32.2 Å². The highest BCUT2D eigenvalue weighted by Gasteiger charge is 2.13. The van der Waals surface area contributed by atoms with Crippen LogP contribution in [0.15, 0.2) is 43.0 Å². The minimum absolute atomic E-state index is 0.282. The molecule has 1 N–H and O–H groups in total. The van der Waals surface area contributed by atoms with Crippen molar-refractivity contribution >= 4 is 0 Å². The molecule has 0 saturated carbocycles. The lowest BCUT2D eigenvalue weighted by atomic mass is 10.1. The van der Waals surface area contributed by atoms with Crippen molar-refractivity contribution in [2.75, 3.05) is 0 Å². The van der Waals surface area contributed by atoms with E-state index in [2.05, 4.69) is 6.58 Å². The fraction of sp³-hybridized carbons (Fsp3) is 0.385. The predicted molar refractivity (Wildman–Crippen MR) is 61.5 cm³/mol. The predicted octanol–water partition coefficient (Wildman–Crippen LogP) is 2.53. The first-order valence-electron chi connectivity index (χ1n) is 5.24. The first-order valence-corrected chi connectivity index (χ1v) is 5.24. The first-order chi connectivity index (χ1) is 7.27. The Morgan fingerprint density at radius 3 is 2.60 bits per heavy atom. The van der Waals surface area contributed by atoms with Gasteiger partial charge < -0.3 is 9.84 Å². The molecule has 0 fully saturated rings. The van der Waals surface area contributed by atoms with Crippen LogP contribution >= 0.6 is 0 Å². The van der Waals surface area contributed by atoms with Crippen LogP contribution < -0.4 is 0 Å². The van der Waals surface area contributed by atoms with Gasteiger partial charge in [-0.1, -0.05) is 43.3 Å². The van der Waals surface area contributed by atoms with E-state index in [1.807, 2.05) is 37.3 Å². The van der Waals surface area contributed by atoms with Crippen LogP contribution in [-0.4, -0.2) is 17.3 Å². The number of hydrogen-bond donors (Lipinski definition) is 1. The Kier molecular flexibility index (Phi) is 5.08. The van der Waals surface area contributed by atoms with Crippen molar-refractivity contribution in [3.63, 3.8) is 0 Å². The second kappa shape index (κ2) is 6.38. The van der Waals surface area contributed by atoms with Crippen molar-refractivity contribution in [3.05, 3.63) is 48.6 Å².